The van der Waals surface area contributed by atoms with Crippen LogP contribution in [0.1, 0.15) is 19.8 Å². The van der Waals surface area contributed by atoms with Gasteiger partial charge in [0.15, 0.2) is 0 Å². The fourth-order valence-corrected chi connectivity index (χ4v) is 1.30. The monoisotopic (exact) mass is 232 g/mol. The van der Waals surface area contributed by atoms with Gasteiger partial charge in [0.1, 0.15) is 17.1 Å². The van der Waals surface area contributed by atoms with Crippen molar-refractivity contribution in [1.29, 1.82) is 0 Å². The summed E-state index contributed by atoms with van der Waals surface area (Å²) in [7, 11) is 0. The highest BCUT2D eigenvalue weighted by Crippen LogP contribution is 2.40. The Kier molecular flexibility index (Phi) is 2.48. The minimum Gasteiger partial charge on any atom is -0.487 e. The van der Waals surface area contributed by atoms with E-state index in [1.165, 1.54) is 18.2 Å². The summed E-state index contributed by atoms with van der Waals surface area (Å²) in [5.41, 5.74) is -0.211. The molecule has 0 heterocycles. The van der Waals surface area contributed by atoms with Crippen LogP contribution >= 0.6 is 0 Å². The summed E-state index contributed by atoms with van der Waals surface area (Å²) in [6.07, 6.45) is -2.81. The Labute approximate surface area is 91.0 Å². The van der Waals surface area contributed by atoms with E-state index in [0.29, 0.717) is 5.75 Å². The lowest BCUT2D eigenvalue weighted by atomic mass is 10.3. The molecule has 0 unspecified atom stereocenters. The molecule has 0 amide bonds. The van der Waals surface area contributed by atoms with E-state index in [-0.39, 0.29) is 11.4 Å². The van der Waals surface area contributed by atoms with Crippen molar-refractivity contribution < 1.29 is 22.6 Å². The number of halogens is 3. The second-order valence-corrected chi connectivity index (χ2v) is 4.07. The lowest BCUT2D eigenvalue weighted by Gasteiger charge is -2.14. The van der Waals surface area contributed by atoms with Gasteiger partial charge >= 0.3 is 6.36 Å². The molecule has 0 saturated heterocycles. The third kappa shape index (κ3) is 3.05. The third-order valence-electron chi connectivity index (χ3n) is 2.36. The van der Waals surface area contributed by atoms with Crippen LogP contribution in [0.25, 0.3) is 0 Å². The molecule has 1 aromatic rings. The molecule has 1 saturated carbocycles. The van der Waals surface area contributed by atoms with Crippen molar-refractivity contribution in [2.24, 2.45) is 0 Å². The van der Waals surface area contributed by atoms with Gasteiger partial charge in [-0.25, -0.2) is 0 Å². The van der Waals surface area contributed by atoms with Crippen LogP contribution in [0.15, 0.2) is 24.3 Å². The Hall–Kier alpha value is -1.39. The van der Waals surface area contributed by atoms with Crippen molar-refractivity contribution in [2.45, 2.75) is 31.7 Å². The Balaban J connectivity index is 2.07. The maximum Gasteiger partial charge on any atom is 0.573 e. The maximum absolute atomic E-state index is 12.0. The van der Waals surface area contributed by atoms with Gasteiger partial charge in [0.05, 0.1) is 0 Å². The summed E-state index contributed by atoms with van der Waals surface area (Å²) in [5, 5.41) is 0. The van der Waals surface area contributed by atoms with Gasteiger partial charge in [0.25, 0.3) is 0 Å². The largest absolute Gasteiger partial charge is 0.573 e. The van der Waals surface area contributed by atoms with Crippen LogP contribution in [0, 0.1) is 0 Å². The second-order valence-electron chi connectivity index (χ2n) is 4.07. The number of rotatable bonds is 3. The first-order valence-corrected chi connectivity index (χ1v) is 4.91. The first-order chi connectivity index (χ1) is 7.36. The minimum absolute atomic E-state index is 0.211. The Morgan fingerprint density at radius 3 is 2.38 bits per heavy atom. The SMILES string of the molecule is CC1(Oc2cccc(OC(F)(F)F)c2)CC1. The molecule has 0 aromatic heterocycles. The van der Waals surface area contributed by atoms with Gasteiger partial charge < -0.3 is 9.47 Å². The standard InChI is InChI=1S/C11H11F3O2/c1-10(5-6-10)15-8-3-2-4-9(7-8)16-11(12,13)14/h2-4,7H,5-6H2,1H3. The van der Waals surface area contributed by atoms with Crippen LogP contribution < -0.4 is 9.47 Å². The average molecular weight is 232 g/mol. The third-order valence-corrected chi connectivity index (χ3v) is 2.36. The fraction of sp³-hybridized carbons (Fsp3) is 0.455. The molecule has 1 fully saturated rings. The van der Waals surface area contributed by atoms with E-state index in [4.69, 9.17) is 4.74 Å². The minimum atomic E-state index is -4.66. The number of hydrogen-bond acceptors (Lipinski definition) is 2. The highest BCUT2D eigenvalue weighted by molar-refractivity contribution is 5.33. The fourth-order valence-electron chi connectivity index (χ4n) is 1.30. The summed E-state index contributed by atoms with van der Waals surface area (Å²) < 4.78 is 45.2. The van der Waals surface area contributed by atoms with Gasteiger partial charge in [-0.3, -0.25) is 0 Å². The first-order valence-electron chi connectivity index (χ1n) is 4.91. The normalized spacial score (nSPS) is 18.0. The highest BCUT2D eigenvalue weighted by atomic mass is 19.4. The number of benzene rings is 1. The molecule has 1 aliphatic rings. The van der Waals surface area contributed by atoms with E-state index in [0.717, 1.165) is 12.8 Å². The summed E-state index contributed by atoms with van der Waals surface area (Å²) in [6, 6.07) is 5.58. The van der Waals surface area contributed by atoms with E-state index in [1.54, 1.807) is 6.07 Å². The summed E-state index contributed by atoms with van der Waals surface area (Å²) in [6.45, 7) is 1.92. The molecule has 88 valence electrons. The molecule has 0 aliphatic heterocycles. The zero-order chi connectivity index (χ0) is 11.8. The number of hydrogen-bond donors (Lipinski definition) is 0. The van der Waals surface area contributed by atoms with Crippen molar-refractivity contribution in [3.05, 3.63) is 24.3 Å². The van der Waals surface area contributed by atoms with Crippen LogP contribution in [0.4, 0.5) is 13.2 Å². The molecule has 0 N–H and O–H groups in total. The zero-order valence-corrected chi connectivity index (χ0v) is 8.67. The highest BCUT2D eigenvalue weighted by Gasteiger charge is 2.40. The van der Waals surface area contributed by atoms with Gasteiger partial charge in [-0.15, -0.1) is 13.2 Å². The molecule has 0 spiro atoms. The van der Waals surface area contributed by atoms with E-state index in [2.05, 4.69) is 4.74 Å². The molecule has 16 heavy (non-hydrogen) atoms. The number of alkyl halides is 3. The van der Waals surface area contributed by atoms with Gasteiger partial charge in [0, 0.05) is 6.07 Å². The lowest BCUT2D eigenvalue weighted by molar-refractivity contribution is -0.274. The van der Waals surface area contributed by atoms with E-state index in [1.807, 2.05) is 6.92 Å². The van der Waals surface area contributed by atoms with E-state index in [9.17, 15) is 13.2 Å². The maximum atomic E-state index is 12.0. The molecule has 0 bridgehead atoms. The lowest BCUT2D eigenvalue weighted by Crippen LogP contribution is -2.17. The molecule has 2 nitrogen and oxygen atoms in total. The Bertz CT molecular complexity index is 361. The molecule has 2 rings (SSSR count). The molecular formula is C11H11F3O2. The van der Waals surface area contributed by atoms with Crippen LogP contribution in [-0.2, 0) is 0 Å². The van der Waals surface area contributed by atoms with Crippen LogP contribution in [-0.4, -0.2) is 12.0 Å². The molecule has 1 aliphatic carbocycles. The first kappa shape index (κ1) is 11.1. The van der Waals surface area contributed by atoms with Crippen LogP contribution in [0.5, 0.6) is 11.5 Å². The van der Waals surface area contributed by atoms with Gasteiger partial charge in [-0.2, -0.15) is 0 Å². The zero-order valence-electron chi connectivity index (χ0n) is 8.67. The van der Waals surface area contributed by atoms with Crippen molar-refractivity contribution in [3.8, 4) is 11.5 Å². The number of ether oxygens (including phenoxy) is 2. The van der Waals surface area contributed by atoms with Crippen molar-refractivity contribution in [3.63, 3.8) is 0 Å². The smallest absolute Gasteiger partial charge is 0.487 e. The van der Waals surface area contributed by atoms with Crippen molar-refractivity contribution in [1.82, 2.24) is 0 Å². The van der Waals surface area contributed by atoms with E-state index >= 15 is 0 Å². The summed E-state index contributed by atoms with van der Waals surface area (Å²) in [5.74, 6) is 0.149. The Morgan fingerprint density at radius 1 is 1.19 bits per heavy atom. The van der Waals surface area contributed by atoms with Crippen molar-refractivity contribution >= 4 is 0 Å². The van der Waals surface area contributed by atoms with E-state index < -0.39 is 6.36 Å². The predicted molar refractivity (Wildman–Crippen MR) is 51.4 cm³/mol. The van der Waals surface area contributed by atoms with Crippen molar-refractivity contribution in [2.75, 3.05) is 0 Å². The van der Waals surface area contributed by atoms with Crippen LogP contribution in [0.2, 0.25) is 0 Å². The second kappa shape index (κ2) is 3.57. The molecule has 0 radical (unpaired) electrons. The Morgan fingerprint density at radius 2 is 1.81 bits per heavy atom. The van der Waals surface area contributed by atoms with Gasteiger partial charge in [-0.1, -0.05) is 6.07 Å². The quantitative estimate of drug-likeness (QED) is 0.793. The van der Waals surface area contributed by atoms with Gasteiger partial charge in [0.2, 0.25) is 0 Å². The molecule has 5 heteroatoms. The van der Waals surface area contributed by atoms with Gasteiger partial charge in [-0.05, 0) is 31.9 Å². The predicted octanol–water partition coefficient (Wildman–Crippen LogP) is 3.52. The topological polar surface area (TPSA) is 18.5 Å². The molecular weight excluding hydrogens is 221 g/mol. The average Bonchev–Trinajstić information content (AvgIpc) is 2.80. The van der Waals surface area contributed by atoms with Crippen LogP contribution in [0.3, 0.4) is 0 Å². The molecule has 1 aromatic carbocycles. The summed E-state index contributed by atoms with van der Waals surface area (Å²) >= 11 is 0. The molecule has 0 atom stereocenters. The summed E-state index contributed by atoms with van der Waals surface area (Å²) in [4.78, 5) is 0.